The average Bonchev–Trinajstić information content (AvgIpc) is 2.91. The number of para-hydroxylation sites is 1. The van der Waals surface area contributed by atoms with E-state index in [-0.39, 0.29) is 6.04 Å². The van der Waals surface area contributed by atoms with Crippen molar-refractivity contribution in [3.63, 3.8) is 0 Å². The zero-order chi connectivity index (χ0) is 15.5. The molecule has 0 aliphatic rings. The molecule has 112 valence electrons. The molecule has 0 saturated heterocycles. The first kappa shape index (κ1) is 15.1. The Hall–Kier alpha value is -1.85. The maximum Gasteiger partial charge on any atom is 0.171 e. The summed E-state index contributed by atoms with van der Waals surface area (Å²) in [6, 6.07) is 17.8. The zero-order valence-corrected chi connectivity index (χ0v) is 14.4. The number of hydrogen-bond acceptors (Lipinski definition) is 2. The van der Waals surface area contributed by atoms with Crippen LogP contribution >= 0.6 is 28.1 Å². The predicted molar refractivity (Wildman–Crippen MR) is 98.1 cm³/mol. The minimum atomic E-state index is -0.0143. The van der Waals surface area contributed by atoms with Gasteiger partial charge in [-0.25, -0.2) is 0 Å². The molecule has 0 bridgehead atoms. The van der Waals surface area contributed by atoms with Crippen molar-refractivity contribution in [1.82, 2.24) is 5.32 Å². The summed E-state index contributed by atoms with van der Waals surface area (Å²) in [6.07, 6.45) is 0. The first-order valence-electron chi connectivity index (χ1n) is 6.93. The van der Waals surface area contributed by atoms with Crippen molar-refractivity contribution in [2.75, 3.05) is 5.32 Å². The highest BCUT2D eigenvalue weighted by molar-refractivity contribution is 9.10. The first-order valence-corrected chi connectivity index (χ1v) is 8.13. The Morgan fingerprint density at radius 2 is 1.95 bits per heavy atom. The summed E-state index contributed by atoms with van der Waals surface area (Å²) in [6.45, 7) is 2.02. The highest BCUT2D eigenvalue weighted by atomic mass is 79.9. The standard InChI is InChI=1S/C17H15BrN2OS/c1-11(16-9-12-5-2-3-8-15(12)21-16)19-17(22)20-14-7-4-6-13(18)10-14/h2-11H,1H3,(H2,19,20,22)/t11-/m1/s1. The number of hydrogen-bond donors (Lipinski definition) is 2. The second-order valence-electron chi connectivity index (χ2n) is 5.02. The second-order valence-corrected chi connectivity index (χ2v) is 6.34. The van der Waals surface area contributed by atoms with Gasteiger partial charge in [0.1, 0.15) is 11.3 Å². The van der Waals surface area contributed by atoms with Crippen LogP contribution in [0.5, 0.6) is 0 Å². The highest BCUT2D eigenvalue weighted by Crippen LogP contribution is 2.23. The molecule has 2 aromatic carbocycles. The summed E-state index contributed by atoms with van der Waals surface area (Å²) in [5, 5.41) is 8.06. The number of rotatable bonds is 3. The van der Waals surface area contributed by atoms with Crippen LogP contribution in [-0.2, 0) is 0 Å². The largest absolute Gasteiger partial charge is 0.459 e. The summed E-state index contributed by atoms with van der Waals surface area (Å²) >= 11 is 8.80. The molecular formula is C17H15BrN2OS. The second kappa shape index (κ2) is 6.50. The lowest BCUT2D eigenvalue weighted by molar-refractivity contribution is 0.493. The van der Waals surface area contributed by atoms with Crippen LogP contribution in [0.15, 0.2) is 63.5 Å². The van der Waals surface area contributed by atoms with Crippen LogP contribution in [-0.4, -0.2) is 5.11 Å². The lowest BCUT2D eigenvalue weighted by Gasteiger charge is -2.15. The van der Waals surface area contributed by atoms with Crippen molar-refractivity contribution >= 4 is 49.9 Å². The van der Waals surface area contributed by atoms with E-state index in [1.54, 1.807) is 0 Å². The van der Waals surface area contributed by atoms with E-state index in [1.165, 1.54) is 0 Å². The van der Waals surface area contributed by atoms with Gasteiger partial charge in [0, 0.05) is 15.5 Å². The molecule has 0 aliphatic carbocycles. The molecule has 0 saturated carbocycles. The van der Waals surface area contributed by atoms with Gasteiger partial charge in [-0.1, -0.05) is 40.2 Å². The van der Waals surface area contributed by atoms with Crippen molar-refractivity contribution < 1.29 is 4.42 Å². The van der Waals surface area contributed by atoms with E-state index in [4.69, 9.17) is 16.6 Å². The van der Waals surface area contributed by atoms with E-state index in [1.807, 2.05) is 61.5 Å². The molecule has 1 heterocycles. The third-order valence-electron chi connectivity index (χ3n) is 3.30. The Morgan fingerprint density at radius 1 is 1.14 bits per heavy atom. The van der Waals surface area contributed by atoms with Crippen LogP contribution in [0.2, 0.25) is 0 Å². The molecule has 0 unspecified atom stereocenters. The van der Waals surface area contributed by atoms with Gasteiger partial charge in [-0.3, -0.25) is 0 Å². The van der Waals surface area contributed by atoms with Gasteiger partial charge in [0.2, 0.25) is 0 Å². The van der Waals surface area contributed by atoms with Gasteiger partial charge in [-0.05, 0) is 49.5 Å². The Balaban J connectivity index is 1.68. The number of benzene rings is 2. The molecule has 3 nitrogen and oxygen atoms in total. The van der Waals surface area contributed by atoms with Crippen LogP contribution in [0, 0.1) is 0 Å². The Morgan fingerprint density at radius 3 is 2.73 bits per heavy atom. The molecule has 3 aromatic rings. The van der Waals surface area contributed by atoms with E-state index in [0.717, 1.165) is 26.9 Å². The normalized spacial score (nSPS) is 12.1. The number of halogens is 1. The third-order valence-corrected chi connectivity index (χ3v) is 4.01. The predicted octanol–water partition coefficient (Wildman–Crippen LogP) is 5.24. The smallest absolute Gasteiger partial charge is 0.171 e. The minimum absolute atomic E-state index is 0.0143. The van der Waals surface area contributed by atoms with E-state index >= 15 is 0 Å². The summed E-state index contributed by atoms with van der Waals surface area (Å²) in [7, 11) is 0. The Labute approximate surface area is 142 Å². The maximum absolute atomic E-state index is 5.84. The number of thiocarbonyl (C=S) groups is 1. The third kappa shape index (κ3) is 3.48. The van der Waals surface area contributed by atoms with E-state index in [0.29, 0.717) is 5.11 Å². The number of anilines is 1. The van der Waals surface area contributed by atoms with E-state index in [9.17, 15) is 0 Å². The summed E-state index contributed by atoms with van der Waals surface area (Å²) in [5.74, 6) is 0.861. The quantitative estimate of drug-likeness (QED) is 0.614. The average molecular weight is 375 g/mol. The molecule has 1 atom stereocenters. The number of nitrogens with one attached hydrogen (secondary N) is 2. The van der Waals surface area contributed by atoms with Crippen LogP contribution in [0.3, 0.4) is 0 Å². The Kier molecular flexibility index (Phi) is 4.45. The molecule has 0 radical (unpaired) electrons. The van der Waals surface area contributed by atoms with Gasteiger partial charge in [-0.15, -0.1) is 0 Å². The molecular weight excluding hydrogens is 360 g/mol. The van der Waals surface area contributed by atoms with E-state index in [2.05, 4.69) is 26.6 Å². The van der Waals surface area contributed by atoms with Crippen molar-refractivity contribution in [3.05, 3.63) is 64.8 Å². The molecule has 0 amide bonds. The highest BCUT2D eigenvalue weighted by Gasteiger charge is 2.12. The van der Waals surface area contributed by atoms with Gasteiger partial charge < -0.3 is 15.1 Å². The fourth-order valence-electron chi connectivity index (χ4n) is 2.22. The van der Waals surface area contributed by atoms with E-state index < -0.39 is 0 Å². The molecule has 22 heavy (non-hydrogen) atoms. The summed E-state index contributed by atoms with van der Waals surface area (Å²) < 4.78 is 6.85. The lowest BCUT2D eigenvalue weighted by atomic mass is 10.2. The monoisotopic (exact) mass is 374 g/mol. The first-order chi connectivity index (χ1) is 10.6. The lowest BCUT2D eigenvalue weighted by Crippen LogP contribution is -2.30. The van der Waals surface area contributed by atoms with Crippen molar-refractivity contribution in [1.29, 1.82) is 0 Å². The van der Waals surface area contributed by atoms with Gasteiger partial charge in [0.25, 0.3) is 0 Å². The molecule has 1 aromatic heterocycles. The molecule has 0 spiro atoms. The fourth-order valence-corrected chi connectivity index (χ4v) is 2.91. The number of furan rings is 1. The SMILES string of the molecule is C[C@@H](NC(=S)Nc1cccc(Br)c1)c1cc2ccccc2o1. The van der Waals surface area contributed by atoms with Crippen LogP contribution < -0.4 is 10.6 Å². The summed E-state index contributed by atoms with van der Waals surface area (Å²) in [5.41, 5.74) is 1.82. The topological polar surface area (TPSA) is 37.2 Å². The van der Waals surface area contributed by atoms with Crippen LogP contribution in [0.25, 0.3) is 11.0 Å². The molecule has 2 N–H and O–H groups in total. The molecule has 3 rings (SSSR count). The fraction of sp³-hybridized carbons (Fsp3) is 0.118. The van der Waals surface area contributed by atoms with Gasteiger partial charge in [-0.2, -0.15) is 0 Å². The zero-order valence-electron chi connectivity index (χ0n) is 12.0. The van der Waals surface area contributed by atoms with Crippen LogP contribution in [0.1, 0.15) is 18.7 Å². The summed E-state index contributed by atoms with van der Waals surface area (Å²) in [4.78, 5) is 0. The molecule has 5 heteroatoms. The van der Waals surface area contributed by atoms with Gasteiger partial charge >= 0.3 is 0 Å². The number of fused-ring (bicyclic) bond motifs is 1. The van der Waals surface area contributed by atoms with Crippen molar-refractivity contribution in [2.45, 2.75) is 13.0 Å². The van der Waals surface area contributed by atoms with Gasteiger partial charge in [0.15, 0.2) is 5.11 Å². The minimum Gasteiger partial charge on any atom is -0.459 e. The van der Waals surface area contributed by atoms with Gasteiger partial charge in [0.05, 0.1) is 6.04 Å². The maximum atomic E-state index is 5.84. The molecule has 0 fully saturated rings. The molecule has 0 aliphatic heterocycles. The van der Waals surface area contributed by atoms with Crippen molar-refractivity contribution in [3.8, 4) is 0 Å². The van der Waals surface area contributed by atoms with Crippen molar-refractivity contribution in [2.24, 2.45) is 0 Å². The van der Waals surface area contributed by atoms with Crippen LogP contribution in [0.4, 0.5) is 5.69 Å². The Bertz CT molecular complexity index is 782.